The fourth-order valence-corrected chi connectivity index (χ4v) is 4.67. The summed E-state index contributed by atoms with van der Waals surface area (Å²) in [7, 11) is 0. The minimum atomic E-state index is -0.813. The predicted octanol–water partition coefficient (Wildman–Crippen LogP) is 4.00. The van der Waals surface area contributed by atoms with Crippen molar-refractivity contribution in [2.45, 2.75) is 58.0 Å². The van der Waals surface area contributed by atoms with Gasteiger partial charge in [-0.1, -0.05) is 44.6 Å². The third kappa shape index (κ3) is 2.24. The average molecular weight is 300 g/mol. The molecule has 1 aromatic carbocycles. The van der Waals surface area contributed by atoms with E-state index in [0.717, 1.165) is 24.8 Å². The van der Waals surface area contributed by atoms with E-state index in [-0.39, 0.29) is 17.4 Å². The van der Waals surface area contributed by atoms with Crippen molar-refractivity contribution in [3.8, 4) is 0 Å². The van der Waals surface area contributed by atoms with E-state index in [1.807, 2.05) is 13.8 Å². The van der Waals surface area contributed by atoms with Gasteiger partial charge in [-0.05, 0) is 66.2 Å². The van der Waals surface area contributed by atoms with Crippen LogP contribution in [-0.2, 0) is 11.0 Å². The molecule has 2 N–H and O–H groups in total. The van der Waals surface area contributed by atoms with E-state index in [1.54, 1.807) is 0 Å². The molecule has 0 radical (unpaired) electrons. The average Bonchev–Trinajstić information content (AvgIpc) is 2.45. The van der Waals surface area contributed by atoms with Crippen LogP contribution >= 0.6 is 0 Å². The lowest BCUT2D eigenvalue weighted by molar-refractivity contribution is 0.0170. The second-order valence-corrected chi connectivity index (χ2v) is 8.28. The molecule has 0 aromatic heterocycles. The molecular formula is C20H28O2. The number of hydrogen-bond donors (Lipinski definition) is 2. The molecule has 22 heavy (non-hydrogen) atoms. The van der Waals surface area contributed by atoms with Crippen molar-refractivity contribution in [2.75, 3.05) is 6.61 Å². The molecule has 120 valence electrons. The zero-order valence-corrected chi connectivity index (χ0v) is 14.2. The van der Waals surface area contributed by atoms with Gasteiger partial charge in [-0.15, -0.1) is 0 Å². The van der Waals surface area contributed by atoms with Gasteiger partial charge in [-0.25, -0.2) is 0 Å². The van der Waals surface area contributed by atoms with Crippen molar-refractivity contribution >= 4 is 6.08 Å². The Hall–Kier alpha value is -1.12. The molecule has 3 unspecified atom stereocenters. The van der Waals surface area contributed by atoms with Crippen LogP contribution in [0.25, 0.3) is 6.08 Å². The van der Waals surface area contributed by atoms with E-state index in [9.17, 15) is 10.2 Å². The summed E-state index contributed by atoms with van der Waals surface area (Å²) in [5, 5.41) is 20.2. The number of allylic oxidation sites excluding steroid dienone is 1. The third-order valence-electron chi connectivity index (χ3n) is 6.08. The van der Waals surface area contributed by atoms with Gasteiger partial charge in [0.1, 0.15) is 0 Å². The van der Waals surface area contributed by atoms with Crippen LogP contribution in [0.4, 0.5) is 0 Å². The van der Waals surface area contributed by atoms with Gasteiger partial charge in [0, 0.05) is 6.61 Å². The fraction of sp³-hybridized carbons (Fsp3) is 0.600. The SMILES string of the molecule is CC(C)(O)c1ccc2c(c1)C=CC1C(C)(CO)CCCC21C. The van der Waals surface area contributed by atoms with Gasteiger partial charge in [0.25, 0.3) is 0 Å². The molecule has 1 aromatic rings. The number of fused-ring (bicyclic) bond motifs is 3. The van der Waals surface area contributed by atoms with Gasteiger partial charge in [-0.3, -0.25) is 0 Å². The van der Waals surface area contributed by atoms with Crippen LogP contribution in [-0.4, -0.2) is 16.8 Å². The van der Waals surface area contributed by atoms with Gasteiger partial charge in [0.05, 0.1) is 5.60 Å². The first-order chi connectivity index (χ1) is 10.2. The lowest BCUT2D eigenvalue weighted by Crippen LogP contribution is -2.48. The molecule has 1 fully saturated rings. The fourth-order valence-electron chi connectivity index (χ4n) is 4.67. The van der Waals surface area contributed by atoms with E-state index in [4.69, 9.17) is 0 Å². The molecule has 0 heterocycles. The summed E-state index contributed by atoms with van der Waals surface area (Å²) in [6.07, 6.45) is 7.89. The summed E-state index contributed by atoms with van der Waals surface area (Å²) in [5.74, 6) is 0.374. The van der Waals surface area contributed by atoms with Gasteiger partial charge >= 0.3 is 0 Å². The quantitative estimate of drug-likeness (QED) is 0.867. The number of aliphatic hydroxyl groups excluding tert-OH is 1. The standard InChI is InChI=1S/C20H28O2/c1-18(2,22)15-7-8-16-14(12-15)6-9-17-19(3,13-21)10-5-11-20(16,17)4/h6-9,12,17,21-22H,5,10-11,13H2,1-4H3. The Kier molecular flexibility index (Phi) is 3.54. The Bertz CT molecular complexity index is 611. The Morgan fingerprint density at radius 2 is 1.95 bits per heavy atom. The zero-order chi connectivity index (χ0) is 16.2. The molecule has 0 spiro atoms. The molecule has 0 saturated heterocycles. The highest BCUT2D eigenvalue weighted by Crippen LogP contribution is 2.55. The maximum Gasteiger partial charge on any atom is 0.0840 e. The van der Waals surface area contributed by atoms with Crippen molar-refractivity contribution in [3.63, 3.8) is 0 Å². The second-order valence-electron chi connectivity index (χ2n) is 8.28. The summed E-state index contributed by atoms with van der Waals surface area (Å²) < 4.78 is 0. The zero-order valence-electron chi connectivity index (χ0n) is 14.2. The Balaban J connectivity index is 2.10. The summed E-state index contributed by atoms with van der Waals surface area (Å²) >= 11 is 0. The number of hydrogen-bond acceptors (Lipinski definition) is 2. The molecular weight excluding hydrogens is 272 g/mol. The molecule has 2 aliphatic rings. The van der Waals surface area contributed by atoms with Crippen LogP contribution in [0, 0.1) is 11.3 Å². The van der Waals surface area contributed by atoms with Crippen LogP contribution in [0.5, 0.6) is 0 Å². The molecule has 2 heteroatoms. The maximum atomic E-state index is 10.3. The smallest absolute Gasteiger partial charge is 0.0840 e. The van der Waals surface area contributed by atoms with E-state index in [2.05, 4.69) is 44.2 Å². The lowest BCUT2D eigenvalue weighted by Gasteiger charge is -2.53. The molecule has 0 aliphatic heterocycles. The molecule has 3 atom stereocenters. The minimum absolute atomic E-state index is 0.0316. The number of aliphatic hydroxyl groups is 2. The molecule has 3 rings (SSSR count). The van der Waals surface area contributed by atoms with Gasteiger partial charge in [0.2, 0.25) is 0 Å². The molecule has 2 aliphatic carbocycles. The van der Waals surface area contributed by atoms with Crippen molar-refractivity contribution in [3.05, 3.63) is 41.0 Å². The first kappa shape index (κ1) is 15.8. The van der Waals surface area contributed by atoms with Crippen LogP contribution < -0.4 is 0 Å². The molecule has 2 nitrogen and oxygen atoms in total. The number of rotatable bonds is 2. The van der Waals surface area contributed by atoms with Gasteiger partial charge in [0.15, 0.2) is 0 Å². The number of benzene rings is 1. The van der Waals surface area contributed by atoms with Gasteiger partial charge < -0.3 is 10.2 Å². The van der Waals surface area contributed by atoms with E-state index in [0.29, 0.717) is 5.92 Å². The highest BCUT2D eigenvalue weighted by Gasteiger charge is 2.50. The monoisotopic (exact) mass is 300 g/mol. The van der Waals surface area contributed by atoms with Crippen LogP contribution in [0.15, 0.2) is 24.3 Å². The van der Waals surface area contributed by atoms with E-state index in [1.165, 1.54) is 11.1 Å². The van der Waals surface area contributed by atoms with E-state index >= 15 is 0 Å². The van der Waals surface area contributed by atoms with Crippen molar-refractivity contribution in [1.82, 2.24) is 0 Å². The van der Waals surface area contributed by atoms with Crippen LogP contribution in [0.3, 0.4) is 0 Å². The predicted molar refractivity (Wildman–Crippen MR) is 90.6 cm³/mol. The molecule has 0 amide bonds. The highest BCUT2D eigenvalue weighted by atomic mass is 16.3. The molecule has 0 bridgehead atoms. The Morgan fingerprint density at radius 1 is 1.23 bits per heavy atom. The van der Waals surface area contributed by atoms with Crippen LogP contribution in [0.1, 0.15) is 63.6 Å². The van der Waals surface area contributed by atoms with E-state index < -0.39 is 5.60 Å². The summed E-state index contributed by atoms with van der Waals surface area (Å²) in [6.45, 7) is 8.46. The van der Waals surface area contributed by atoms with Crippen LogP contribution in [0.2, 0.25) is 0 Å². The largest absolute Gasteiger partial charge is 0.396 e. The summed E-state index contributed by atoms with van der Waals surface area (Å²) in [4.78, 5) is 0. The van der Waals surface area contributed by atoms with Crippen molar-refractivity contribution < 1.29 is 10.2 Å². The Morgan fingerprint density at radius 3 is 2.59 bits per heavy atom. The Labute approximate surface area is 133 Å². The maximum absolute atomic E-state index is 10.3. The van der Waals surface area contributed by atoms with Gasteiger partial charge in [-0.2, -0.15) is 0 Å². The minimum Gasteiger partial charge on any atom is -0.396 e. The normalized spacial score (nSPS) is 34.2. The topological polar surface area (TPSA) is 40.5 Å². The van der Waals surface area contributed by atoms with Crippen molar-refractivity contribution in [2.24, 2.45) is 11.3 Å². The summed E-state index contributed by atoms with van der Waals surface area (Å²) in [5.41, 5.74) is 2.78. The first-order valence-electron chi connectivity index (χ1n) is 8.37. The first-order valence-corrected chi connectivity index (χ1v) is 8.37. The summed E-state index contributed by atoms with van der Waals surface area (Å²) in [6, 6.07) is 6.38. The third-order valence-corrected chi connectivity index (χ3v) is 6.08. The van der Waals surface area contributed by atoms with Crippen molar-refractivity contribution in [1.29, 1.82) is 0 Å². The highest BCUT2D eigenvalue weighted by molar-refractivity contribution is 5.62. The molecule has 1 saturated carbocycles. The lowest BCUT2D eigenvalue weighted by atomic mass is 9.52. The second kappa shape index (κ2) is 4.94.